The SMILES string of the molecule is C.C.C.C=O.CCCCCCCCc1ccc(CO)cc1. The molecule has 21 heavy (non-hydrogen) atoms. The molecule has 2 nitrogen and oxygen atoms in total. The van der Waals surface area contributed by atoms with Gasteiger partial charge in [0, 0.05) is 0 Å². The van der Waals surface area contributed by atoms with E-state index in [0.717, 1.165) is 5.56 Å². The minimum absolute atomic E-state index is 0. The molecule has 0 fully saturated rings. The van der Waals surface area contributed by atoms with Crippen molar-refractivity contribution >= 4 is 6.79 Å². The lowest BCUT2D eigenvalue weighted by molar-refractivity contribution is -0.0979. The molecule has 1 rings (SSSR count). The predicted octanol–water partition coefficient (Wildman–Crippen LogP) is 5.81. The number of carbonyl (C=O) groups excluding carboxylic acids is 1. The van der Waals surface area contributed by atoms with Crippen molar-refractivity contribution in [2.75, 3.05) is 0 Å². The van der Waals surface area contributed by atoms with Gasteiger partial charge < -0.3 is 9.90 Å². The Balaban J connectivity index is -0.000000276. The van der Waals surface area contributed by atoms with Crippen LogP contribution in [-0.4, -0.2) is 11.9 Å². The highest BCUT2D eigenvalue weighted by molar-refractivity contribution is 5.21. The number of hydrogen-bond acceptors (Lipinski definition) is 2. The standard InChI is InChI=1S/C15H24O.CH2O.3CH4/c1-2-3-4-5-6-7-8-14-9-11-15(13-16)12-10-14;1-2;;;/h9-12,16H,2-8,13H2,1H3;1H2;3*1H4. The lowest BCUT2D eigenvalue weighted by Crippen LogP contribution is -1.88. The molecule has 1 N–H and O–H groups in total. The molecule has 0 aliphatic heterocycles. The number of rotatable bonds is 8. The van der Waals surface area contributed by atoms with E-state index in [4.69, 9.17) is 9.90 Å². The van der Waals surface area contributed by atoms with Gasteiger partial charge in [-0.05, 0) is 24.0 Å². The minimum Gasteiger partial charge on any atom is -0.392 e. The second-order valence-electron chi connectivity index (χ2n) is 4.49. The third-order valence-electron chi connectivity index (χ3n) is 3.02. The molecule has 0 bridgehead atoms. The first-order valence-corrected chi connectivity index (χ1v) is 6.84. The monoisotopic (exact) mass is 298 g/mol. The first-order valence-electron chi connectivity index (χ1n) is 6.84. The third kappa shape index (κ3) is 15.1. The second-order valence-corrected chi connectivity index (χ2v) is 4.49. The van der Waals surface area contributed by atoms with Crippen LogP contribution in [0.1, 0.15) is 78.9 Å². The third-order valence-corrected chi connectivity index (χ3v) is 3.02. The van der Waals surface area contributed by atoms with Gasteiger partial charge in [-0.25, -0.2) is 0 Å². The fraction of sp³-hybridized carbons (Fsp3) is 0.632. The van der Waals surface area contributed by atoms with Crippen LogP contribution in [0.2, 0.25) is 0 Å². The second kappa shape index (κ2) is 21.2. The summed E-state index contributed by atoms with van der Waals surface area (Å²) in [4.78, 5) is 8.00. The molecule has 0 aliphatic carbocycles. The maximum Gasteiger partial charge on any atom is 0.106 e. The first-order chi connectivity index (χ1) is 8.86. The Bertz CT molecular complexity index is 280. The van der Waals surface area contributed by atoms with Crippen molar-refractivity contribution in [2.24, 2.45) is 0 Å². The van der Waals surface area contributed by atoms with Crippen molar-refractivity contribution in [3.8, 4) is 0 Å². The maximum atomic E-state index is 8.93. The van der Waals surface area contributed by atoms with E-state index in [1.165, 1.54) is 50.5 Å². The zero-order valence-electron chi connectivity index (χ0n) is 11.5. The van der Waals surface area contributed by atoms with Gasteiger partial charge in [0.1, 0.15) is 6.79 Å². The van der Waals surface area contributed by atoms with Gasteiger partial charge in [0.2, 0.25) is 0 Å². The lowest BCUT2D eigenvalue weighted by atomic mass is 10.0. The number of aliphatic hydroxyl groups excluding tert-OH is 1. The Labute approximate surface area is 133 Å². The summed E-state index contributed by atoms with van der Waals surface area (Å²) in [5.41, 5.74) is 2.40. The molecule has 0 saturated carbocycles. The summed E-state index contributed by atoms with van der Waals surface area (Å²) in [5, 5.41) is 8.93. The van der Waals surface area contributed by atoms with Gasteiger partial charge >= 0.3 is 0 Å². The number of hydrogen-bond donors (Lipinski definition) is 1. The van der Waals surface area contributed by atoms with E-state index >= 15 is 0 Å². The number of carbonyl (C=O) groups is 1. The van der Waals surface area contributed by atoms with Gasteiger partial charge in [0.15, 0.2) is 0 Å². The smallest absolute Gasteiger partial charge is 0.106 e. The van der Waals surface area contributed by atoms with Crippen LogP contribution in [0.15, 0.2) is 24.3 Å². The van der Waals surface area contributed by atoms with Crippen molar-refractivity contribution in [1.82, 2.24) is 0 Å². The van der Waals surface area contributed by atoms with Crippen LogP contribution in [0.4, 0.5) is 0 Å². The van der Waals surface area contributed by atoms with E-state index in [2.05, 4.69) is 19.1 Å². The van der Waals surface area contributed by atoms with Crippen LogP contribution in [0.5, 0.6) is 0 Å². The Hall–Kier alpha value is -1.15. The highest BCUT2D eigenvalue weighted by Crippen LogP contribution is 2.11. The average Bonchev–Trinajstić information content (AvgIpc) is 2.45. The van der Waals surface area contributed by atoms with Gasteiger partial charge in [-0.1, -0.05) is 85.6 Å². The number of aliphatic hydroxyl groups is 1. The molecule has 126 valence electrons. The molecule has 0 radical (unpaired) electrons. The topological polar surface area (TPSA) is 37.3 Å². The van der Waals surface area contributed by atoms with Crippen LogP contribution in [0.3, 0.4) is 0 Å². The van der Waals surface area contributed by atoms with Gasteiger partial charge in [-0.2, -0.15) is 0 Å². The molecule has 0 atom stereocenters. The van der Waals surface area contributed by atoms with Crippen molar-refractivity contribution in [3.05, 3.63) is 35.4 Å². The molecule has 0 aromatic heterocycles. The van der Waals surface area contributed by atoms with E-state index in [9.17, 15) is 0 Å². The van der Waals surface area contributed by atoms with Crippen LogP contribution < -0.4 is 0 Å². The highest BCUT2D eigenvalue weighted by Gasteiger charge is 1.95. The van der Waals surface area contributed by atoms with E-state index in [-0.39, 0.29) is 28.9 Å². The van der Waals surface area contributed by atoms with Gasteiger partial charge in [-0.15, -0.1) is 0 Å². The fourth-order valence-corrected chi connectivity index (χ4v) is 1.92. The molecule has 1 aromatic carbocycles. The Morgan fingerprint density at radius 2 is 1.24 bits per heavy atom. The zero-order valence-corrected chi connectivity index (χ0v) is 11.5. The summed E-state index contributed by atoms with van der Waals surface area (Å²) < 4.78 is 0. The molecule has 0 saturated heterocycles. The Morgan fingerprint density at radius 1 is 0.810 bits per heavy atom. The van der Waals surface area contributed by atoms with Gasteiger partial charge in [0.05, 0.1) is 6.61 Å². The van der Waals surface area contributed by atoms with E-state index in [1.54, 1.807) is 0 Å². The molecule has 0 amide bonds. The molecule has 0 aliphatic rings. The molecule has 2 heteroatoms. The van der Waals surface area contributed by atoms with Gasteiger partial charge in [-0.3, -0.25) is 0 Å². The summed E-state index contributed by atoms with van der Waals surface area (Å²) in [6.07, 6.45) is 9.29. The summed E-state index contributed by atoms with van der Waals surface area (Å²) in [6.45, 7) is 4.40. The van der Waals surface area contributed by atoms with Gasteiger partial charge in [0.25, 0.3) is 0 Å². The molecule has 0 spiro atoms. The minimum atomic E-state index is 0. The highest BCUT2D eigenvalue weighted by atomic mass is 16.3. The number of unbranched alkanes of at least 4 members (excludes halogenated alkanes) is 5. The summed E-state index contributed by atoms with van der Waals surface area (Å²) in [7, 11) is 0. The van der Waals surface area contributed by atoms with E-state index < -0.39 is 0 Å². The summed E-state index contributed by atoms with van der Waals surface area (Å²) in [5.74, 6) is 0. The average molecular weight is 299 g/mol. The maximum absolute atomic E-state index is 8.93. The van der Waals surface area contributed by atoms with Crippen molar-refractivity contribution in [1.29, 1.82) is 0 Å². The molecular weight excluding hydrogens is 260 g/mol. The molecule has 1 aromatic rings. The van der Waals surface area contributed by atoms with Crippen molar-refractivity contribution in [2.45, 2.75) is 80.8 Å². The fourth-order valence-electron chi connectivity index (χ4n) is 1.92. The predicted molar refractivity (Wildman–Crippen MR) is 96.8 cm³/mol. The first kappa shape index (κ1) is 28.1. The molecular formula is C19H38O2. The van der Waals surface area contributed by atoms with Crippen LogP contribution in [0.25, 0.3) is 0 Å². The summed E-state index contributed by atoms with van der Waals surface area (Å²) >= 11 is 0. The van der Waals surface area contributed by atoms with Crippen molar-refractivity contribution in [3.63, 3.8) is 0 Å². The van der Waals surface area contributed by atoms with E-state index in [1.807, 2.05) is 18.9 Å². The normalized spacial score (nSPS) is 8.29. The number of benzene rings is 1. The van der Waals surface area contributed by atoms with Crippen LogP contribution in [0, 0.1) is 0 Å². The number of aryl methyl sites for hydroxylation is 1. The Kier molecular flexibility index (Phi) is 28.3. The largest absolute Gasteiger partial charge is 0.392 e. The molecule has 0 heterocycles. The zero-order chi connectivity index (χ0) is 13.6. The quantitative estimate of drug-likeness (QED) is 0.615. The molecule has 0 unspecified atom stereocenters. The van der Waals surface area contributed by atoms with Crippen LogP contribution in [-0.2, 0) is 17.8 Å². The summed E-state index contributed by atoms with van der Waals surface area (Å²) in [6, 6.07) is 8.31. The lowest BCUT2D eigenvalue weighted by Gasteiger charge is -2.03. The Morgan fingerprint density at radius 3 is 1.71 bits per heavy atom. The van der Waals surface area contributed by atoms with Crippen molar-refractivity contribution < 1.29 is 9.90 Å². The van der Waals surface area contributed by atoms with E-state index in [0.29, 0.717) is 0 Å². The van der Waals surface area contributed by atoms with Crippen LogP contribution >= 0.6 is 0 Å².